The summed E-state index contributed by atoms with van der Waals surface area (Å²) in [6, 6.07) is 11.8. The minimum Gasteiger partial charge on any atom is -0.497 e. The standard InChI is InChI=1S/C22H21N5O3/c1-29-17-5-2-15(3-6-17)22-18(12-26-9-8-24-21(28)13-26)27-11-16(4-7-20(27)25-22)19-10-23-14-30-19/h2-7,10-11,14H,8-9,12-13H2,1H3,(H,24,28). The minimum atomic E-state index is 0.0448. The third kappa shape index (κ3) is 3.42. The van der Waals surface area contributed by atoms with Crippen molar-refractivity contribution in [2.75, 3.05) is 26.7 Å². The van der Waals surface area contributed by atoms with Crippen LogP contribution < -0.4 is 10.1 Å². The molecule has 0 saturated carbocycles. The number of aromatic nitrogens is 3. The summed E-state index contributed by atoms with van der Waals surface area (Å²) in [5.74, 6) is 1.53. The number of fused-ring (bicyclic) bond motifs is 1. The number of oxazole rings is 1. The molecule has 0 radical (unpaired) electrons. The Morgan fingerprint density at radius 3 is 2.73 bits per heavy atom. The Morgan fingerprint density at radius 1 is 1.17 bits per heavy atom. The topological polar surface area (TPSA) is 84.9 Å². The summed E-state index contributed by atoms with van der Waals surface area (Å²) in [7, 11) is 1.65. The molecule has 1 aromatic carbocycles. The van der Waals surface area contributed by atoms with E-state index in [0.717, 1.165) is 40.5 Å². The van der Waals surface area contributed by atoms with Gasteiger partial charge in [-0.05, 0) is 36.4 Å². The maximum absolute atomic E-state index is 11.9. The molecule has 152 valence electrons. The van der Waals surface area contributed by atoms with Crippen molar-refractivity contribution in [2.24, 2.45) is 0 Å². The molecule has 1 aliphatic heterocycles. The van der Waals surface area contributed by atoms with E-state index in [0.29, 0.717) is 25.4 Å². The summed E-state index contributed by atoms with van der Waals surface area (Å²) in [5, 5.41) is 2.88. The maximum Gasteiger partial charge on any atom is 0.234 e. The summed E-state index contributed by atoms with van der Waals surface area (Å²) in [6.45, 7) is 2.42. The van der Waals surface area contributed by atoms with Gasteiger partial charge in [0, 0.05) is 37.0 Å². The van der Waals surface area contributed by atoms with Crippen LogP contribution in [-0.4, -0.2) is 51.9 Å². The normalized spacial score (nSPS) is 14.8. The largest absolute Gasteiger partial charge is 0.497 e. The number of carbonyl (C=O) groups excluding carboxylic acids is 1. The summed E-state index contributed by atoms with van der Waals surface area (Å²) < 4.78 is 12.8. The number of nitrogens with one attached hydrogen (secondary N) is 1. The molecule has 8 nitrogen and oxygen atoms in total. The molecule has 1 amide bonds. The summed E-state index contributed by atoms with van der Waals surface area (Å²) in [5.41, 5.74) is 4.65. The number of hydrogen-bond donors (Lipinski definition) is 1. The molecule has 4 aromatic rings. The molecule has 5 rings (SSSR count). The van der Waals surface area contributed by atoms with Gasteiger partial charge in [-0.2, -0.15) is 0 Å². The zero-order valence-electron chi connectivity index (χ0n) is 16.5. The molecule has 1 saturated heterocycles. The molecular formula is C22H21N5O3. The molecule has 1 N–H and O–H groups in total. The van der Waals surface area contributed by atoms with Gasteiger partial charge in [0.1, 0.15) is 11.4 Å². The highest BCUT2D eigenvalue weighted by molar-refractivity contribution is 5.78. The average Bonchev–Trinajstić information content (AvgIpc) is 3.42. The molecular weight excluding hydrogens is 382 g/mol. The van der Waals surface area contributed by atoms with Crippen molar-refractivity contribution in [2.45, 2.75) is 6.54 Å². The van der Waals surface area contributed by atoms with Crippen molar-refractivity contribution in [1.29, 1.82) is 0 Å². The SMILES string of the molecule is COc1ccc(-c2nc3ccc(-c4cnco4)cn3c2CN2CCNC(=O)C2)cc1. The maximum atomic E-state index is 11.9. The number of ether oxygens (including phenoxy) is 1. The van der Waals surface area contributed by atoms with Crippen LogP contribution in [-0.2, 0) is 11.3 Å². The molecule has 0 bridgehead atoms. The first kappa shape index (κ1) is 18.4. The van der Waals surface area contributed by atoms with Crippen LogP contribution in [0.25, 0.3) is 28.2 Å². The van der Waals surface area contributed by atoms with Gasteiger partial charge in [-0.1, -0.05) is 0 Å². The van der Waals surface area contributed by atoms with Crippen molar-refractivity contribution in [3.63, 3.8) is 0 Å². The Labute approximate surface area is 173 Å². The number of piperazine rings is 1. The molecule has 1 aliphatic rings. The molecule has 8 heteroatoms. The number of pyridine rings is 1. The van der Waals surface area contributed by atoms with Gasteiger partial charge >= 0.3 is 0 Å². The van der Waals surface area contributed by atoms with Crippen LogP contribution in [0.3, 0.4) is 0 Å². The van der Waals surface area contributed by atoms with Gasteiger partial charge in [-0.25, -0.2) is 9.97 Å². The lowest BCUT2D eigenvalue weighted by Crippen LogP contribution is -2.47. The molecule has 30 heavy (non-hydrogen) atoms. The highest BCUT2D eigenvalue weighted by Gasteiger charge is 2.22. The Hall–Kier alpha value is -3.65. The van der Waals surface area contributed by atoms with Crippen LogP contribution >= 0.6 is 0 Å². The summed E-state index contributed by atoms with van der Waals surface area (Å²) >= 11 is 0. The highest BCUT2D eigenvalue weighted by atomic mass is 16.5. The summed E-state index contributed by atoms with van der Waals surface area (Å²) in [4.78, 5) is 22.9. The number of hydrogen-bond acceptors (Lipinski definition) is 6. The lowest BCUT2D eigenvalue weighted by atomic mass is 10.1. The van der Waals surface area contributed by atoms with Gasteiger partial charge in [0.15, 0.2) is 12.2 Å². The van der Waals surface area contributed by atoms with E-state index in [4.69, 9.17) is 14.1 Å². The second-order valence-corrected chi connectivity index (χ2v) is 7.21. The van der Waals surface area contributed by atoms with E-state index in [2.05, 4.69) is 19.6 Å². The van der Waals surface area contributed by atoms with Crippen molar-refractivity contribution in [1.82, 2.24) is 24.6 Å². The van der Waals surface area contributed by atoms with Gasteiger partial charge < -0.3 is 18.9 Å². The van der Waals surface area contributed by atoms with Gasteiger partial charge in [-0.3, -0.25) is 9.69 Å². The fraction of sp³-hybridized carbons (Fsp3) is 0.227. The predicted octanol–water partition coefficient (Wildman–Crippen LogP) is 2.60. The third-order valence-electron chi connectivity index (χ3n) is 5.29. The number of carbonyl (C=O) groups is 1. The first-order chi connectivity index (χ1) is 14.7. The number of amides is 1. The van der Waals surface area contributed by atoms with Gasteiger partial charge in [0.2, 0.25) is 5.91 Å². The number of methoxy groups -OCH3 is 1. The quantitative estimate of drug-likeness (QED) is 0.551. The predicted molar refractivity (Wildman–Crippen MR) is 111 cm³/mol. The van der Waals surface area contributed by atoms with Crippen molar-refractivity contribution >= 4 is 11.6 Å². The number of nitrogens with zero attached hydrogens (tertiary/aromatic N) is 4. The second kappa shape index (κ2) is 7.64. The number of benzene rings is 1. The Balaban J connectivity index is 1.62. The molecule has 4 heterocycles. The van der Waals surface area contributed by atoms with E-state index in [1.54, 1.807) is 13.3 Å². The Morgan fingerprint density at radius 2 is 2.00 bits per heavy atom. The van der Waals surface area contributed by atoms with E-state index < -0.39 is 0 Å². The van der Waals surface area contributed by atoms with Gasteiger partial charge in [0.05, 0.1) is 31.2 Å². The lowest BCUT2D eigenvalue weighted by molar-refractivity contribution is -0.124. The number of rotatable bonds is 5. The van der Waals surface area contributed by atoms with Crippen LogP contribution in [0, 0.1) is 0 Å². The zero-order chi connectivity index (χ0) is 20.5. The van der Waals surface area contributed by atoms with Crippen LogP contribution in [0.5, 0.6) is 5.75 Å². The Kier molecular flexibility index (Phi) is 4.68. The first-order valence-corrected chi connectivity index (χ1v) is 9.74. The van der Waals surface area contributed by atoms with E-state index in [1.165, 1.54) is 6.39 Å². The molecule has 0 spiro atoms. The fourth-order valence-corrected chi connectivity index (χ4v) is 3.77. The monoisotopic (exact) mass is 403 g/mol. The minimum absolute atomic E-state index is 0.0448. The zero-order valence-corrected chi connectivity index (χ0v) is 16.5. The molecule has 0 unspecified atom stereocenters. The summed E-state index contributed by atoms with van der Waals surface area (Å²) in [6.07, 6.45) is 5.12. The first-order valence-electron chi connectivity index (χ1n) is 9.74. The highest BCUT2D eigenvalue weighted by Crippen LogP contribution is 2.29. The fourth-order valence-electron chi connectivity index (χ4n) is 3.77. The van der Waals surface area contributed by atoms with Crippen LogP contribution in [0.15, 0.2) is 59.6 Å². The van der Waals surface area contributed by atoms with E-state index in [1.807, 2.05) is 42.6 Å². The molecule has 0 atom stereocenters. The van der Waals surface area contributed by atoms with Crippen molar-refractivity contribution < 1.29 is 13.9 Å². The molecule has 0 aliphatic carbocycles. The van der Waals surface area contributed by atoms with Gasteiger partial charge in [-0.15, -0.1) is 0 Å². The lowest BCUT2D eigenvalue weighted by Gasteiger charge is -2.26. The van der Waals surface area contributed by atoms with Crippen molar-refractivity contribution in [3.05, 3.63) is 60.9 Å². The smallest absolute Gasteiger partial charge is 0.234 e. The van der Waals surface area contributed by atoms with Crippen molar-refractivity contribution in [3.8, 4) is 28.3 Å². The van der Waals surface area contributed by atoms with Gasteiger partial charge in [0.25, 0.3) is 0 Å². The van der Waals surface area contributed by atoms with E-state index in [-0.39, 0.29) is 5.91 Å². The van der Waals surface area contributed by atoms with E-state index in [9.17, 15) is 4.79 Å². The van der Waals surface area contributed by atoms with Crippen LogP contribution in [0.4, 0.5) is 0 Å². The van der Waals surface area contributed by atoms with Crippen LogP contribution in [0.1, 0.15) is 5.69 Å². The third-order valence-corrected chi connectivity index (χ3v) is 5.29. The molecule has 1 fully saturated rings. The van der Waals surface area contributed by atoms with Crippen LogP contribution in [0.2, 0.25) is 0 Å². The average molecular weight is 403 g/mol. The molecule has 3 aromatic heterocycles. The second-order valence-electron chi connectivity index (χ2n) is 7.21. The van der Waals surface area contributed by atoms with E-state index >= 15 is 0 Å². The Bertz CT molecular complexity index is 1180. The number of imidazole rings is 1.